The molecule has 1 aromatic heterocycles. The molecule has 0 aliphatic rings. The monoisotopic (exact) mass is 283 g/mol. The number of carbonyl (C=O) groups is 1. The molecule has 1 heterocycles. The molecule has 0 fully saturated rings. The summed E-state index contributed by atoms with van der Waals surface area (Å²) in [5.41, 5.74) is -0.450. The van der Waals surface area contributed by atoms with Crippen LogP contribution in [0.1, 0.15) is 24.3 Å². The van der Waals surface area contributed by atoms with Crippen molar-refractivity contribution >= 4 is 17.5 Å². The van der Waals surface area contributed by atoms with E-state index in [0.717, 1.165) is 12.1 Å². The molecule has 0 radical (unpaired) electrons. The fourth-order valence-electron chi connectivity index (χ4n) is 1.71. The van der Waals surface area contributed by atoms with Crippen molar-refractivity contribution in [2.75, 3.05) is 25.2 Å². The van der Waals surface area contributed by atoms with Crippen molar-refractivity contribution in [2.24, 2.45) is 0 Å². The first-order chi connectivity index (χ1) is 9.38. The lowest BCUT2D eigenvalue weighted by Crippen LogP contribution is -2.35. The first-order valence-electron chi connectivity index (χ1n) is 6.02. The van der Waals surface area contributed by atoms with Gasteiger partial charge in [-0.25, -0.2) is 9.78 Å². The van der Waals surface area contributed by atoms with Gasteiger partial charge in [0.2, 0.25) is 5.82 Å². The van der Waals surface area contributed by atoms with Crippen LogP contribution in [-0.4, -0.2) is 47.3 Å². The standard InChI is InChI=1S/C12H17N3O5/c1-8(2)14(6-7-20-3)11-10(15(18)19)5-4-9(13-11)12(16)17/h4-5,8H,6-7H2,1-3H3,(H,16,17). The van der Waals surface area contributed by atoms with E-state index in [-0.39, 0.29) is 23.2 Å². The number of hydrogen-bond donors (Lipinski definition) is 1. The zero-order chi connectivity index (χ0) is 15.3. The Morgan fingerprint density at radius 3 is 2.65 bits per heavy atom. The number of carboxylic acid groups (broad SMARTS) is 1. The highest BCUT2D eigenvalue weighted by atomic mass is 16.6. The van der Waals surface area contributed by atoms with Crippen LogP contribution in [0.15, 0.2) is 12.1 Å². The molecule has 0 unspecified atom stereocenters. The van der Waals surface area contributed by atoms with Gasteiger partial charge in [0.25, 0.3) is 0 Å². The van der Waals surface area contributed by atoms with Crippen LogP contribution in [0.2, 0.25) is 0 Å². The molecule has 0 aliphatic heterocycles. The van der Waals surface area contributed by atoms with E-state index >= 15 is 0 Å². The molecule has 0 aliphatic carbocycles. The number of nitrogens with zero attached hydrogens (tertiary/aromatic N) is 3. The van der Waals surface area contributed by atoms with Crippen molar-refractivity contribution in [3.63, 3.8) is 0 Å². The molecule has 1 N–H and O–H groups in total. The van der Waals surface area contributed by atoms with Crippen molar-refractivity contribution in [3.05, 3.63) is 27.9 Å². The Kier molecular flexibility index (Phi) is 5.39. The molecular weight excluding hydrogens is 266 g/mol. The molecule has 0 saturated heterocycles. The largest absolute Gasteiger partial charge is 0.477 e. The van der Waals surface area contributed by atoms with Crippen LogP contribution in [-0.2, 0) is 4.74 Å². The van der Waals surface area contributed by atoms with E-state index < -0.39 is 10.9 Å². The maximum atomic E-state index is 11.1. The first kappa shape index (κ1) is 15.8. The number of aromatic carboxylic acids is 1. The van der Waals surface area contributed by atoms with Gasteiger partial charge in [-0.05, 0) is 19.9 Å². The molecule has 110 valence electrons. The van der Waals surface area contributed by atoms with Gasteiger partial charge in [-0.3, -0.25) is 10.1 Å². The van der Waals surface area contributed by atoms with Crippen LogP contribution in [0.3, 0.4) is 0 Å². The van der Waals surface area contributed by atoms with Gasteiger partial charge < -0.3 is 14.7 Å². The summed E-state index contributed by atoms with van der Waals surface area (Å²) in [6.07, 6.45) is 0. The van der Waals surface area contributed by atoms with Crippen molar-refractivity contribution in [2.45, 2.75) is 19.9 Å². The highest BCUT2D eigenvalue weighted by Gasteiger charge is 2.25. The van der Waals surface area contributed by atoms with E-state index in [0.29, 0.717) is 13.2 Å². The Labute approximate surface area is 116 Å². The van der Waals surface area contributed by atoms with Crippen molar-refractivity contribution < 1.29 is 19.6 Å². The van der Waals surface area contributed by atoms with E-state index in [9.17, 15) is 14.9 Å². The molecule has 0 spiro atoms. The third-order valence-corrected chi connectivity index (χ3v) is 2.70. The topological polar surface area (TPSA) is 106 Å². The molecule has 0 aromatic carbocycles. The van der Waals surface area contributed by atoms with E-state index in [4.69, 9.17) is 9.84 Å². The van der Waals surface area contributed by atoms with Crippen molar-refractivity contribution in [3.8, 4) is 0 Å². The van der Waals surface area contributed by atoms with Crippen molar-refractivity contribution in [1.29, 1.82) is 0 Å². The van der Waals surface area contributed by atoms with E-state index in [2.05, 4.69) is 4.98 Å². The highest BCUT2D eigenvalue weighted by Crippen LogP contribution is 2.27. The third kappa shape index (κ3) is 3.64. The Hall–Kier alpha value is -2.22. The summed E-state index contributed by atoms with van der Waals surface area (Å²) in [4.78, 5) is 27.0. The molecule has 8 heteroatoms. The van der Waals surface area contributed by atoms with Crippen molar-refractivity contribution in [1.82, 2.24) is 4.98 Å². The second kappa shape index (κ2) is 6.80. The predicted molar refractivity (Wildman–Crippen MR) is 72.2 cm³/mol. The molecule has 0 atom stereocenters. The third-order valence-electron chi connectivity index (χ3n) is 2.70. The lowest BCUT2D eigenvalue weighted by Gasteiger charge is -2.27. The van der Waals surface area contributed by atoms with Crippen LogP contribution in [0.5, 0.6) is 0 Å². The Bertz CT molecular complexity index is 504. The van der Waals surface area contributed by atoms with Gasteiger partial charge >= 0.3 is 11.7 Å². The summed E-state index contributed by atoms with van der Waals surface area (Å²) < 4.78 is 4.97. The Morgan fingerprint density at radius 1 is 1.55 bits per heavy atom. The second-order valence-corrected chi connectivity index (χ2v) is 4.38. The number of pyridine rings is 1. The van der Waals surface area contributed by atoms with Crippen LogP contribution in [0.4, 0.5) is 11.5 Å². The summed E-state index contributed by atoms with van der Waals surface area (Å²) in [6, 6.07) is 2.20. The minimum atomic E-state index is -1.23. The number of carboxylic acids is 1. The van der Waals surface area contributed by atoms with E-state index in [1.165, 1.54) is 7.11 Å². The molecule has 0 amide bonds. The van der Waals surface area contributed by atoms with Crippen LogP contribution < -0.4 is 4.90 Å². The number of hydrogen-bond acceptors (Lipinski definition) is 6. The highest BCUT2D eigenvalue weighted by molar-refractivity contribution is 5.86. The molecular formula is C12H17N3O5. The summed E-state index contributed by atoms with van der Waals surface area (Å²) >= 11 is 0. The minimum Gasteiger partial charge on any atom is -0.477 e. The average Bonchev–Trinajstić information content (AvgIpc) is 2.38. The van der Waals surface area contributed by atoms with E-state index in [1.54, 1.807) is 4.90 Å². The summed E-state index contributed by atoms with van der Waals surface area (Å²) in [6.45, 7) is 4.42. The smallest absolute Gasteiger partial charge is 0.354 e. The van der Waals surface area contributed by atoms with Gasteiger partial charge in [-0.15, -0.1) is 0 Å². The Morgan fingerprint density at radius 2 is 2.20 bits per heavy atom. The van der Waals surface area contributed by atoms with Crippen LogP contribution >= 0.6 is 0 Å². The molecule has 8 nitrogen and oxygen atoms in total. The molecule has 0 bridgehead atoms. The zero-order valence-corrected chi connectivity index (χ0v) is 11.6. The first-order valence-corrected chi connectivity index (χ1v) is 6.02. The summed E-state index contributed by atoms with van der Waals surface area (Å²) in [5, 5.41) is 20.0. The lowest BCUT2D eigenvalue weighted by molar-refractivity contribution is -0.384. The number of anilines is 1. The van der Waals surface area contributed by atoms with Gasteiger partial charge in [0, 0.05) is 25.8 Å². The number of aromatic nitrogens is 1. The quantitative estimate of drug-likeness (QED) is 0.597. The number of nitro groups is 1. The number of rotatable bonds is 7. The van der Waals surface area contributed by atoms with Gasteiger partial charge in [-0.1, -0.05) is 0 Å². The van der Waals surface area contributed by atoms with Gasteiger partial charge in [0.05, 0.1) is 11.5 Å². The molecule has 1 aromatic rings. The van der Waals surface area contributed by atoms with Gasteiger partial charge in [-0.2, -0.15) is 0 Å². The van der Waals surface area contributed by atoms with Crippen LogP contribution in [0, 0.1) is 10.1 Å². The SMILES string of the molecule is COCCN(c1nc(C(=O)O)ccc1[N+](=O)[O-])C(C)C. The maximum absolute atomic E-state index is 11.1. The Balaban J connectivity index is 3.30. The minimum absolute atomic E-state index is 0.0435. The molecule has 20 heavy (non-hydrogen) atoms. The summed E-state index contributed by atoms with van der Waals surface area (Å²) in [7, 11) is 1.52. The van der Waals surface area contributed by atoms with E-state index in [1.807, 2.05) is 13.8 Å². The zero-order valence-electron chi connectivity index (χ0n) is 11.6. The maximum Gasteiger partial charge on any atom is 0.354 e. The summed E-state index contributed by atoms with van der Waals surface area (Å²) in [5.74, 6) is -1.18. The average molecular weight is 283 g/mol. The fraction of sp³-hybridized carbons (Fsp3) is 0.500. The normalized spacial score (nSPS) is 10.6. The van der Waals surface area contributed by atoms with Gasteiger partial charge in [0.1, 0.15) is 0 Å². The number of methoxy groups -OCH3 is 1. The van der Waals surface area contributed by atoms with Gasteiger partial charge in [0.15, 0.2) is 5.69 Å². The lowest BCUT2D eigenvalue weighted by atomic mass is 10.2. The number of ether oxygens (including phenoxy) is 1. The second-order valence-electron chi connectivity index (χ2n) is 4.38. The fourth-order valence-corrected chi connectivity index (χ4v) is 1.71. The predicted octanol–water partition coefficient (Wildman–Crippen LogP) is 1.55. The molecule has 0 saturated carbocycles. The van der Waals surface area contributed by atoms with Crippen LogP contribution in [0.25, 0.3) is 0 Å². The molecule has 1 rings (SSSR count).